The zero-order valence-electron chi connectivity index (χ0n) is 12.6. The van der Waals surface area contributed by atoms with E-state index in [-0.39, 0.29) is 12.1 Å². The van der Waals surface area contributed by atoms with Crippen LogP contribution >= 0.6 is 0 Å². The number of hydrogen-bond donors (Lipinski definition) is 1. The van der Waals surface area contributed by atoms with Gasteiger partial charge in [-0.2, -0.15) is 13.2 Å². The molecule has 1 spiro atoms. The summed E-state index contributed by atoms with van der Waals surface area (Å²) in [7, 11) is 0. The van der Waals surface area contributed by atoms with E-state index < -0.39 is 12.6 Å². The quantitative estimate of drug-likeness (QED) is 0.855. The third-order valence-electron chi connectivity index (χ3n) is 5.04. The van der Waals surface area contributed by atoms with E-state index in [1.807, 2.05) is 0 Å². The van der Waals surface area contributed by atoms with Gasteiger partial charge in [-0.1, -0.05) is 33.1 Å². The molecule has 0 bridgehead atoms. The molecule has 0 aromatic heterocycles. The highest BCUT2D eigenvalue weighted by molar-refractivity contribution is 5.01. The van der Waals surface area contributed by atoms with E-state index in [9.17, 15) is 13.2 Å². The first-order chi connectivity index (χ1) is 9.32. The fraction of sp³-hybridized carbons (Fsp3) is 1.00. The van der Waals surface area contributed by atoms with E-state index in [2.05, 4.69) is 24.1 Å². The fourth-order valence-electron chi connectivity index (χ4n) is 3.67. The Labute approximate surface area is 120 Å². The summed E-state index contributed by atoms with van der Waals surface area (Å²) in [5.41, 5.74) is -0.0190. The van der Waals surface area contributed by atoms with Crippen molar-refractivity contribution in [2.75, 3.05) is 19.6 Å². The summed E-state index contributed by atoms with van der Waals surface area (Å²) in [5.74, 6) is 0.462. The van der Waals surface area contributed by atoms with Crippen molar-refractivity contribution >= 4 is 0 Å². The molecule has 1 saturated carbocycles. The van der Waals surface area contributed by atoms with E-state index in [0.717, 1.165) is 38.8 Å². The minimum absolute atomic E-state index is 0.0190. The largest absolute Gasteiger partial charge is 0.390 e. The molecule has 0 amide bonds. The van der Waals surface area contributed by atoms with Gasteiger partial charge >= 0.3 is 6.18 Å². The molecule has 20 heavy (non-hydrogen) atoms. The summed E-state index contributed by atoms with van der Waals surface area (Å²) in [4.78, 5) is 2.15. The molecule has 2 fully saturated rings. The minimum atomic E-state index is -4.05. The van der Waals surface area contributed by atoms with Crippen LogP contribution in [0.4, 0.5) is 13.2 Å². The Hall–Kier alpha value is -0.290. The van der Waals surface area contributed by atoms with Gasteiger partial charge in [0, 0.05) is 31.2 Å². The Morgan fingerprint density at radius 1 is 1.20 bits per heavy atom. The molecule has 2 aliphatic rings. The molecule has 1 heterocycles. The molecule has 2 rings (SSSR count). The first-order valence-electron chi connectivity index (χ1n) is 7.88. The number of halogens is 3. The highest BCUT2D eigenvalue weighted by atomic mass is 19.4. The Balaban J connectivity index is 2.05. The Kier molecular flexibility index (Phi) is 5.00. The highest BCUT2D eigenvalue weighted by Gasteiger charge is 2.43. The second-order valence-electron chi connectivity index (χ2n) is 6.83. The van der Waals surface area contributed by atoms with Gasteiger partial charge in [0.15, 0.2) is 0 Å². The van der Waals surface area contributed by atoms with Gasteiger partial charge in [0.1, 0.15) is 0 Å². The summed E-state index contributed by atoms with van der Waals surface area (Å²) in [6, 6.07) is 0.316. The first kappa shape index (κ1) is 16.1. The van der Waals surface area contributed by atoms with Gasteiger partial charge in [-0.05, 0) is 18.8 Å². The van der Waals surface area contributed by atoms with Gasteiger partial charge in [-0.15, -0.1) is 0 Å². The Morgan fingerprint density at radius 2 is 1.85 bits per heavy atom. The number of hydrogen-bond acceptors (Lipinski definition) is 2. The smallest absolute Gasteiger partial charge is 0.311 e. The van der Waals surface area contributed by atoms with Crippen molar-refractivity contribution in [1.29, 1.82) is 0 Å². The molecule has 0 aromatic rings. The molecule has 1 aliphatic carbocycles. The molecule has 1 atom stereocenters. The molecule has 5 heteroatoms. The summed E-state index contributed by atoms with van der Waals surface area (Å²) in [6.07, 6.45) is 0.883. The summed E-state index contributed by atoms with van der Waals surface area (Å²) < 4.78 is 37.7. The molecule has 2 nitrogen and oxygen atoms in total. The van der Waals surface area contributed by atoms with Crippen LogP contribution in [0.15, 0.2) is 0 Å². The molecule has 118 valence electrons. The summed E-state index contributed by atoms with van der Waals surface area (Å²) in [6.45, 7) is 6.05. The van der Waals surface area contributed by atoms with Crippen LogP contribution in [-0.2, 0) is 0 Å². The predicted molar refractivity (Wildman–Crippen MR) is 74.7 cm³/mol. The van der Waals surface area contributed by atoms with E-state index in [1.54, 1.807) is 0 Å². The zero-order chi connectivity index (χ0) is 14.8. The van der Waals surface area contributed by atoms with Crippen LogP contribution in [0, 0.1) is 5.92 Å². The van der Waals surface area contributed by atoms with Crippen LogP contribution in [0.5, 0.6) is 0 Å². The van der Waals surface area contributed by atoms with Gasteiger partial charge in [0.25, 0.3) is 0 Å². The maximum absolute atomic E-state index is 12.6. The van der Waals surface area contributed by atoms with Crippen LogP contribution in [0.1, 0.15) is 52.4 Å². The maximum atomic E-state index is 12.6. The van der Waals surface area contributed by atoms with E-state index in [1.165, 1.54) is 6.42 Å². The van der Waals surface area contributed by atoms with Gasteiger partial charge in [-0.3, -0.25) is 4.90 Å². The number of nitrogens with one attached hydrogen (secondary N) is 1. The molecular weight excluding hydrogens is 265 g/mol. The normalized spacial score (nSPS) is 28.2. The average molecular weight is 292 g/mol. The minimum Gasteiger partial charge on any atom is -0.311 e. The van der Waals surface area contributed by atoms with Gasteiger partial charge < -0.3 is 5.32 Å². The van der Waals surface area contributed by atoms with Crippen LogP contribution in [0.25, 0.3) is 0 Å². The number of nitrogens with zero attached hydrogens (tertiary/aromatic N) is 1. The van der Waals surface area contributed by atoms with E-state index >= 15 is 0 Å². The summed E-state index contributed by atoms with van der Waals surface area (Å²) in [5, 5.41) is 3.58. The van der Waals surface area contributed by atoms with Crippen LogP contribution < -0.4 is 5.32 Å². The van der Waals surface area contributed by atoms with Gasteiger partial charge in [-0.25, -0.2) is 0 Å². The van der Waals surface area contributed by atoms with Crippen molar-refractivity contribution in [3.8, 4) is 0 Å². The molecule has 1 saturated heterocycles. The second kappa shape index (κ2) is 6.22. The lowest BCUT2D eigenvalue weighted by atomic mass is 9.77. The monoisotopic (exact) mass is 292 g/mol. The van der Waals surface area contributed by atoms with Crippen molar-refractivity contribution in [3.63, 3.8) is 0 Å². The van der Waals surface area contributed by atoms with Crippen molar-refractivity contribution in [1.82, 2.24) is 10.2 Å². The van der Waals surface area contributed by atoms with E-state index in [0.29, 0.717) is 12.0 Å². The molecular formula is C15H27F3N2. The van der Waals surface area contributed by atoms with Crippen molar-refractivity contribution in [2.24, 2.45) is 5.92 Å². The number of rotatable bonds is 3. The average Bonchev–Trinajstić information content (AvgIpc) is 2.37. The number of alkyl halides is 3. The lowest BCUT2D eigenvalue weighted by molar-refractivity contribution is -0.144. The highest BCUT2D eigenvalue weighted by Crippen LogP contribution is 2.37. The molecule has 0 aromatic carbocycles. The Morgan fingerprint density at radius 3 is 2.40 bits per heavy atom. The zero-order valence-corrected chi connectivity index (χ0v) is 12.6. The molecule has 1 unspecified atom stereocenters. The van der Waals surface area contributed by atoms with Crippen molar-refractivity contribution in [2.45, 2.75) is 70.1 Å². The SMILES string of the molecule is CC(C)C1CN(CCC(F)(F)F)C2(CCCCC2)CN1. The Bertz CT molecular complexity index is 309. The van der Waals surface area contributed by atoms with E-state index in [4.69, 9.17) is 0 Å². The third-order valence-corrected chi connectivity index (χ3v) is 5.04. The topological polar surface area (TPSA) is 15.3 Å². The lowest BCUT2D eigenvalue weighted by Gasteiger charge is -2.53. The van der Waals surface area contributed by atoms with Crippen LogP contribution in [-0.4, -0.2) is 42.3 Å². The maximum Gasteiger partial charge on any atom is 0.390 e. The molecule has 0 radical (unpaired) electrons. The van der Waals surface area contributed by atoms with Crippen LogP contribution in [0.2, 0.25) is 0 Å². The number of piperazine rings is 1. The first-order valence-corrected chi connectivity index (χ1v) is 7.88. The molecule has 1 N–H and O–H groups in total. The van der Waals surface area contributed by atoms with Gasteiger partial charge in [0.05, 0.1) is 6.42 Å². The standard InChI is InChI=1S/C15H27F3N2/c1-12(2)13-10-20(9-8-15(16,17)18)14(11-19-13)6-4-3-5-7-14/h12-13,19H,3-11H2,1-2H3. The predicted octanol–water partition coefficient (Wildman–Crippen LogP) is 3.57. The van der Waals surface area contributed by atoms with Crippen molar-refractivity contribution < 1.29 is 13.2 Å². The fourth-order valence-corrected chi connectivity index (χ4v) is 3.67. The summed E-state index contributed by atoms with van der Waals surface area (Å²) >= 11 is 0. The van der Waals surface area contributed by atoms with Gasteiger partial charge in [0.2, 0.25) is 0 Å². The van der Waals surface area contributed by atoms with Crippen molar-refractivity contribution in [3.05, 3.63) is 0 Å². The molecule has 1 aliphatic heterocycles. The lowest BCUT2D eigenvalue weighted by Crippen LogP contribution is -2.66. The van der Waals surface area contributed by atoms with Crippen LogP contribution in [0.3, 0.4) is 0 Å². The third kappa shape index (κ3) is 3.88. The second-order valence-corrected chi connectivity index (χ2v) is 6.83.